The molecule has 1 saturated heterocycles. The Morgan fingerprint density at radius 1 is 1.24 bits per heavy atom. The molecule has 1 aromatic rings. The van der Waals surface area contributed by atoms with Gasteiger partial charge in [-0.3, -0.25) is 14.5 Å². The summed E-state index contributed by atoms with van der Waals surface area (Å²) in [5.41, 5.74) is 5.69. The standard InChI is InChI=1S/C15H20FN3O2/c1-11(15(17)21)18-6-8-19(9-7-18)14(20)10-12-4-2-3-5-13(12)16/h2-5,11H,6-10H2,1H3,(H2,17,21). The van der Waals surface area contributed by atoms with Crippen molar-refractivity contribution in [3.63, 3.8) is 0 Å². The molecule has 0 aromatic heterocycles. The molecule has 21 heavy (non-hydrogen) atoms. The van der Waals surface area contributed by atoms with Gasteiger partial charge in [0.1, 0.15) is 5.82 Å². The minimum atomic E-state index is -0.360. The van der Waals surface area contributed by atoms with E-state index < -0.39 is 0 Å². The molecule has 0 radical (unpaired) electrons. The summed E-state index contributed by atoms with van der Waals surface area (Å²) in [4.78, 5) is 27.0. The van der Waals surface area contributed by atoms with Crippen LogP contribution in [0.15, 0.2) is 24.3 Å². The van der Waals surface area contributed by atoms with Gasteiger partial charge in [-0.05, 0) is 18.6 Å². The maximum absolute atomic E-state index is 13.5. The molecule has 6 heteroatoms. The highest BCUT2D eigenvalue weighted by Crippen LogP contribution is 2.11. The third kappa shape index (κ3) is 3.78. The Morgan fingerprint density at radius 2 is 1.86 bits per heavy atom. The van der Waals surface area contributed by atoms with Gasteiger partial charge < -0.3 is 10.6 Å². The number of nitrogens with two attached hydrogens (primary N) is 1. The van der Waals surface area contributed by atoms with Gasteiger partial charge >= 0.3 is 0 Å². The molecule has 5 nitrogen and oxygen atoms in total. The van der Waals surface area contributed by atoms with Crippen molar-refractivity contribution in [2.24, 2.45) is 5.73 Å². The van der Waals surface area contributed by atoms with Gasteiger partial charge in [0.25, 0.3) is 0 Å². The normalized spacial score (nSPS) is 17.5. The van der Waals surface area contributed by atoms with Crippen LogP contribution in [0.1, 0.15) is 12.5 Å². The zero-order valence-corrected chi connectivity index (χ0v) is 12.1. The Morgan fingerprint density at radius 3 is 2.43 bits per heavy atom. The SMILES string of the molecule is CC(C(N)=O)N1CCN(C(=O)Cc2ccccc2F)CC1. The minimum Gasteiger partial charge on any atom is -0.368 e. The van der Waals surface area contributed by atoms with E-state index in [1.807, 2.05) is 4.90 Å². The van der Waals surface area contributed by atoms with Crippen molar-refractivity contribution in [1.29, 1.82) is 0 Å². The van der Waals surface area contributed by atoms with Gasteiger partial charge in [0.2, 0.25) is 11.8 Å². The average Bonchev–Trinajstić information content (AvgIpc) is 2.49. The fourth-order valence-corrected chi connectivity index (χ4v) is 2.46. The first-order valence-electron chi connectivity index (χ1n) is 7.03. The molecule has 0 spiro atoms. The maximum Gasteiger partial charge on any atom is 0.234 e. The third-order valence-electron chi connectivity index (χ3n) is 3.93. The number of halogens is 1. The number of hydrogen-bond acceptors (Lipinski definition) is 3. The van der Waals surface area contributed by atoms with E-state index in [4.69, 9.17) is 5.73 Å². The van der Waals surface area contributed by atoms with Gasteiger partial charge in [0, 0.05) is 26.2 Å². The molecule has 0 saturated carbocycles. The first-order valence-corrected chi connectivity index (χ1v) is 7.03. The van der Waals surface area contributed by atoms with E-state index in [0.29, 0.717) is 31.7 Å². The van der Waals surface area contributed by atoms with Gasteiger partial charge in [0.05, 0.1) is 12.5 Å². The molecule has 1 aliphatic rings. The van der Waals surface area contributed by atoms with Gasteiger partial charge in [-0.15, -0.1) is 0 Å². The Kier molecular flexibility index (Phi) is 4.90. The summed E-state index contributed by atoms with van der Waals surface area (Å²) in [6.07, 6.45) is 0.0675. The zero-order chi connectivity index (χ0) is 15.4. The number of carbonyl (C=O) groups is 2. The molecule has 0 aliphatic carbocycles. The zero-order valence-electron chi connectivity index (χ0n) is 12.1. The quantitative estimate of drug-likeness (QED) is 0.873. The lowest BCUT2D eigenvalue weighted by atomic mass is 10.1. The molecule has 2 rings (SSSR count). The highest BCUT2D eigenvalue weighted by atomic mass is 19.1. The topological polar surface area (TPSA) is 66.6 Å². The summed E-state index contributed by atoms with van der Waals surface area (Å²) >= 11 is 0. The summed E-state index contributed by atoms with van der Waals surface area (Å²) in [7, 11) is 0. The Balaban J connectivity index is 1.89. The van der Waals surface area contributed by atoms with Crippen LogP contribution in [0.2, 0.25) is 0 Å². The number of primary amides is 1. The molecule has 1 unspecified atom stereocenters. The number of hydrogen-bond donors (Lipinski definition) is 1. The van der Waals surface area contributed by atoms with Crippen LogP contribution < -0.4 is 5.73 Å². The molecule has 1 fully saturated rings. The van der Waals surface area contributed by atoms with Crippen LogP contribution in [0, 0.1) is 5.82 Å². The lowest BCUT2D eigenvalue weighted by molar-refractivity contribution is -0.133. The van der Waals surface area contributed by atoms with Crippen molar-refractivity contribution < 1.29 is 14.0 Å². The summed E-state index contributed by atoms with van der Waals surface area (Å²) in [6.45, 7) is 4.04. The average molecular weight is 293 g/mol. The number of benzene rings is 1. The number of carbonyl (C=O) groups excluding carboxylic acids is 2. The molecule has 2 N–H and O–H groups in total. The Bertz CT molecular complexity index is 527. The second kappa shape index (κ2) is 6.67. The van der Waals surface area contributed by atoms with Gasteiger partial charge in [-0.1, -0.05) is 18.2 Å². The van der Waals surface area contributed by atoms with Crippen LogP contribution in [-0.2, 0) is 16.0 Å². The summed E-state index contributed by atoms with van der Waals surface area (Å²) in [5, 5.41) is 0. The van der Waals surface area contributed by atoms with Crippen molar-refractivity contribution in [2.75, 3.05) is 26.2 Å². The van der Waals surface area contributed by atoms with Gasteiger partial charge in [0.15, 0.2) is 0 Å². The van der Waals surface area contributed by atoms with E-state index in [0.717, 1.165) is 0 Å². The van der Waals surface area contributed by atoms with Crippen LogP contribution in [0.3, 0.4) is 0 Å². The number of rotatable bonds is 4. The predicted molar refractivity (Wildman–Crippen MR) is 76.9 cm³/mol. The van der Waals surface area contributed by atoms with E-state index in [1.54, 1.807) is 30.0 Å². The number of amides is 2. The highest BCUT2D eigenvalue weighted by Gasteiger charge is 2.26. The lowest BCUT2D eigenvalue weighted by Gasteiger charge is -2.37. The minimum absolute atomic E-state index is 0.0675. The van der Waals surface area contributed by atoms with E-state index >= 15 is 0 Å². The van der Waals surface area contributed by atoms with Gasteiger partial charge in [-0.25, -0.2) is 4.39 Å². The first kappa shape index (κ1) is 15.4. The van der Waals surface area contributed by atoms with E-state index in [2.05, 4.69) is 0 Å². The predicted octanol–water partition coefficient (Wildman–Crippen LogP) is 0.386. The van der Waals surface area contributed by atoms with Crippen LogP contribution in [0.25, 0.3) is 0 Å². The van der Waals surface area contributed by atoms with Crippen molar-refractivity contribution in [2.45, 2.75) is 19.4 Å². The first-order chi connectivity index (χ1) is 9.99. The molecule has 1 atom stereocenters. The van der Waals surface area contributed by atoms with Crippen molar-refractivity contribution in [1.82, 2.24) is 9.80 Å². The summed E-state index contributed by atoms with van der Waals surface area (Å²) in [5.74, 6) is -0.806. The largest absolute Gasteiger partial charge is 0.368 e. The van der Waals surface area contributed by atoms with Crippen LogP contribution in [0.5, 0.6) is 0 Å². The second-order valence-electron chi connectivity index (χ2n) is 5.26. The van der Waals surface area contributed by atoms with Crippen molar-refractivity contribution >= 4 is 11.8 Å². The molecule has 114 valence electrons. The number of nitrogens with zero attached hydrogens (tertiary/aromatic N) is 2. The second-order valence-corrected chi connectivity index (χ2v) is 5.26. The molecular weight excluding hydrogens is 273 g/mol. The molecule has 1 aromatic carbocycles. The van der Waals surface area contributed by atoms with Crippen LogP contribution in [-0.4, -0.2) is 53.8 Å². The molecule has 0 bridgehead atoms. The van der Waals surface area contributed by atoms with E-state index in [1.165, 1.54) is 6.07 Å². The molecular formula is C15H20FN3O2. The van der Waals surface area contributed by atoms with Crippen molar-refractivity contribution in [3.8, 4) is 0 Å². The highest BCUT2D eigenvalue weighted by molar-refractivity contribution is 5.80. The maximum atomic E-state index is 13.5. The van der Waals surface area contributed by atoms with Gasteiger partial charge in [-0.2, -0.15) is 0 Å². The van der Waals surface area contributed by atoms with E-state index in [9.17, 15) is 14.0 Å². The fraction of sp³-hybridized carbons (Fsp3) is 0.467. The van der Waals surface area contributed by atoms with Crippen molar-refractivity contribution in [3.05, 3.63) is 35.6 Å². The van der Waals surface area contributed by atoms with Crippen LogP contribution >= 0.6 is 0 Å². The monoisotopic (exact) mass is 293 g/mol. The van der Waals surface area contributed by atoms with E-state index in [-0.39, 0.29) is 30.1 Å². The fourth-order valence-electron chi connectivity index (χ4n) is 2.46. The Hall–Kier alpha value is -1.95. The Labute approximate surface area is 123 Å². The summed E-state index contributed by atoms with van der Waals surface area (Å²) < 4.78 is 13.5. The molecule has 1 aliphatic heterocycles. The number of piperazine rings is 1. The molecule has 2 amide bonds. The smallest absolute Gasteiger partial charge is 0.234 e. The molecule has 1 heterocycles. The third-order valence-corrected chi connectivity index (χ3v) is 3.93. The lowest BCUT2D eigenvalue weighted by Crippen LogP contribution is -2.54. The summed E-state index contributed by atoms with van der Waals surface area (Å²) in [6, 6.07) is 5.98. The van der Waals surface area contributed by atoms with Crippen LogP contribution in [0.4, 0.5) is 4.39 Å².